The van der Waals surface area contributed by atoms with Crippen molar-refractivity contribution < 1.29 is 32.6 Å². The number of carbonyl (C=O) groups is 2. The van der Waals surface area contributed by atoms with E-state index in [9.17, 15) is 18.4 Å². The van der Waals surface area contributed by atoms with Gasteiger partial charge in [-0.2, -0.15) is 0 Å². The predicted octanol–water partition coefficient (Wildman–Crippen LogP) is 4.71. The van der Waals surface area contributed by atoms with Crippen LogP contribution in [0.1, 0.15) is 37.9 Å². The Bertz CT molecular complexity index is 1170. The molecule has 0 fully saturated rings. The first-order chi connectivity index (χ1) is 16.3. The van der Waals surface area contributed by atoms with E-state index in [0.717, 1.165) is 17.7 Å². The number of fused-ring (bicyclic) bond motifs is 3. The van der Waals surface area contributed by atoms with Gasteiger partial charge in [-0.15, -0.1) is 0 Å². The molecule has 0 aliphatic carbocycles. The molecule has 188 valence electrons. The molecule has 7 nitrogen and oxygen atoms in total. The highest BCUT2D eigenvalue weighted by molar-refractivity contribution is 6.88. The lowest BCUT2D eigenvalue weighted by atomic mass is 9.91. The van der Waals surface area contributed by atoms with Gasteiger partial charge in [-0.05, 0) is 51.0 Å². The maximum atomic E-state index is 14.8. The molecule has 2 aliphatic rings. The van der Waals surface area contributed by atoms with Crippen LogP contribution >= 0.6 is 0 Å². The fourth-order valence-electron chi connectivity index (χ4n) is 4.46. The first-order valence-electron chi connectivity index (χ1n) is 11.5. The van der Waals surface area contributed by atoms with Crippen LogP contribution in [0, 0.1) is 11.6 Å². The molecule has 2 aliphatic heterocycles. The molecule has 2 aromatic rings. The number of nitrogens with zero attached hydrogens (tertiary/aromatic N) is 1. The number of hydrogen-bond donors (Lipinski definition) is 1. The molecule has 0 radical (unpaired) electrons. The smallest absolute Gasteiger partial charge is 0.411 e. The number of amides is 2. The van der Waals surface area contributed by atoms with Gasteiger partial charge in [0.2, 0.25) is 6.79 Å². The van der Waals surface area contributed by atoms with Gasteiger partial charge >= 0.3 is 6.09 Å². The van der Waals surface area contributed by atoms with Crippen LogP contribution in [0.3, 0.4) is 0 Å². The third kappa shape index (κ3) is 4.98. The average molecular weight is 505 g/mol. The molecule has 0 bridgehead atoms. The second kappa shape index (κ2) is 8.82. The molecule has 1 atom stereocenters. The second-order valence-corrected chi connectivity index (χ2v) is 15.7. The van der Waals surface area contributed by atoms with Gasteiger partial charge in [0.15, 0.2) is 11.5 Å². The maximum absolute atomic E-state index is 14.8. The SMILES string of the molecule is CC(C)(C)OC(=O)N1CCc2c(ccc3c2OCO3)C1C(=O)Nc1cc(F)c([Si](C)(C)C)c(F)c1. The Balaban J connectivity index is 1.71. The molecular weight excluding hydrogens is 474 g/mol. The maximum Gasteiger partial charge on any atom is 0.411 e. The summed E-state index contributed by atoms with van der Waals surface area (Å²) in [6.45, 7) is 11.0. The van der Waals surface area contributed by atoms with Crippen LogP contribution in [0.2, 0.25) is 19.6 Å². The quantitative estimate of drug-likeness (QED) is 0.613. The van der Waals surface area contributed by atoms with E-state index in [0.29, 0.717) is 23.5 Å². The van der Waals surface area contributed by atoms with E-state index >= 15 is 0 Å². The summed E-state index contributed by atoms with van der Waals surface area (Å²) in [5.74, 6) is -0.901. The van der Waals surface area contributed by atoms with E-state index in [-0.39, 0.29) is 24.2 Å². The standard InChI is InChI=1S/C25H30F2N2O5Si/c1-25(2,3)34-24(31)29-10-9-16-15(7-8-19-21(16)33-13-32-19)20(29)23(30)28-14-11-17(26)22(18(27)12-14)35(4,5)6/h7-8,11-12,20H,9-10,13H2,1-6H3,(H,28,30). The molecule has 2 aromatic carbocycles. The van der Waals surface area contributed by atoms with Gasteiger partial charge < -0.3 is 19.5 Å². The predicted molar refractivity (Wildman–Crippen MR) is 130 cm³/mol. The number of carbonyl (C=O) groups excluding carboxylic acids is 2. The highest BCUT2D eigenvalue weighted by Crippen LogP contribution is 2.43. The number of hydrogen-bond acceptors (Lipinski definition) is 5. The van der Waals surface area contributed by atoms with Crippen LogP contribution < -0.4 is 20.0 Å². The van der Waals surface area contributed by atoms with Crippen LogP contribution in [-0.4, -0.2) is 43.9 Å². The molecule has 0 aromatic heterocycles. The van der Waals surface area contributed by atoms with Crippen LogP contribution in [0.5, 0.6) is 11.5 Å². The molecule has 10 heteroatoms. The number of anilines is 1. The van der Waals surface area contributed by atoms with Crippen LogP contribution in [0.15, 0.2) is 24.3 Å². The molecule has 0 saturated carbocycles. The summed E-state index contributed by atoms with van der Waals surface area (Å²) in [6, 6.07) is 4.54. The average Bonchev–Trinajstić information content (AvgIpc) is 3.19. The highest BCUT2D eigenvalue weighted by atomic mass is 28.3. The fourth-order valence-corrected chi connectivity index (χ4v) is 6.04. The number of benzene rings is 2. The zero-order chi connectivity index (χ0) is 25.7. The number of ether oxygens (including phenoxy) is 3. The lowest BCUT2D eigenvalue weighted by Crippen LogP contribution is -2.47. The van der Waals surface area contributed by atoms with Gasteiger partial charge in [-0.25, -0.2) is 13.6 Å². The Morgan fingerprint density at radius 1 is 1.11 bits per heavy atom. The van der Waals surface area contributed by atoms with Gasteiger partial charge in [0.05, 0.1) is 8.07 Å². The van der Waals surface area contributed by atoms with Crippen molar-refractivity contribution in [2.45, 2.75) is 58.5 Å². The third-order valence-corrected chi connectivity index (χ3v) is 7.80. The molecule has 1 unspecified atom stereocenters. The minimum Gasteiger partial charge on any atom is -0.454 e. The zero-order valence-corrected chi connectivity index (χ0v) is 21.8. The van der Waals surface area contributed by atoms with Gasteiger partial charge in [0, 0.05) is 23.0 Å². The minimum absolute atomic E-state index is 0.0241. The van der Waals surface area contributed by atoms with Crippen LogP contribution in [0.25, 0.3) is 0 Å². The van der Waals surface area contributed by atoms with E-state index in [1.54, 1.807) is 32.9 Å². The largest absolute Gasteiger partial charge is 0.454 e. The summed E-state index contributed by atoms with van der Waals surface area (Å²) in [5, 5.41) is 2.67. The molecule has 2 amide bonds. The molecule has 35 heavy (non-hydrogen) atoms. The molecular formula is C25H30F2N2O5Si. The van der Waals surface area contributed by atoms with Gasteiger partial charge in [0.1, 0.15) is 23.3 Å². The Hall–Kier alpha value is -3.14. The Morgan fingerprint density at radius 3 is 2.37 bits per heavy atom. The summed E-state index contributed by atoms with van der Waals surface area (Å²) in [6.07, 6.45) is -0.230. The van der Waals surface area contributed by atoms with E-state index in [2.05, 4.69) is 5.32 Å². The molecule has 4 rings (SSSR count). The minimum atomic E-state index is -2.28. The van der Waals surface area contributed by atoms with Crippen molar-refractivity contribution in [2.24, 2.45) is 0 Å². The summed E-state index contributed by atoms with van der Waals surface area (Å²) < 4.78 is 46.2. The van der Waals surface area contributed by atoms with Crippen molar-refractivity contribution >= 4 is 30.9 Å². The lowest BCUT2D eigenvalue weighted by molar-refractivity contribution is -0.122. The van der Waals surface area contributed by atoms with Crippen LogP contribution in [-0.2, 0) is 16.0 Å². The second-order valence-electron chi connectivity index (χ2n) is 10.7. The Labute approximate surface area is 204 Å². The normalized spacial score (nSPS) is 17.1. The van der Waals surface area contributed by atoms with E-state index in [4.69, 9.17) is 14.2 Å². The molecule has 0 saturated heterocycles. The van der Waals surface area contributed by atoms with Crippen molar-refractivity contribution in [3.63, 3.8) is 0 Å². The van der Waals surface area contributed by atoms with Gasteiger partial charge in [0.25, 0.3) is 5.91 Å². The topological polar surface area (TPSA) is 77.1 Å². The monoisotopic (exact) mass is 504 g/mol. The first-order valence-corrected chi connectivity index (χ1v) is 15.0. The summed E-state index contributed by atoms with van der Waals surface area (Å²) in [5.41, 5.74) is 0.505. The van der Waals surface area contributed by atoms with Gasteiger partial charge in [-0.1, -0.05) is 25.7 Å². The van der Waals surface area contributed by atoms with Crippen molar-refractivity contribution in [3.05, 3.63) is 47.0 Å². The van der Waals surface area contributed by atoms with Crippen molar-refractivity contribution in [1.29, 1.82) is 0 Å². The summed E-state index contributed by atoms with van der Waals surface area (Å²) in [4.78, 5) is 27.9. The summed E-state index contributed by atoms with van der Waals surface area (Å²) in [7, 11) is -2.28. The van der Waals surface area contributed by atoms with Gasteiger partial charge in [-0.3, -0.25) is 9.69 Å². The Morgan fingerprint density at radius 2 is 1.77 bits per heavy atom. The molecule has 1 N–H and O–H groups in total. The number of nitrogens with one attached hydrogen (secondary N) is 1. The first kappa shape index (κ1) is 25.0. The Kier molecular flexibility index (Phi) is 6.29. The van der Waals surface area contributed by atoms with Crippen molar-refractivity contribution in [3.8, 4) is 11.5 Å². The van der Waals surface area contributed by atoms with Crippen molar-refractivity contribution in [2.75, 3.05) is 18.7 Å². The third-order valence-electron chi connectivity index (χ3n) is 5.82. The zero-order valence-electron chi connectivity index (χ0n) is 20.8. The lowest BCUT2D eigenvalue weighted by Gasteiger charge is -2.37. The number of rotatable bonds is 3. The fraction of sp³-hybridized carbons (Fsp3) is 0.440. The molecule has 2 heterocycles. The molecule has 0 spiro atoms. The summed E-state index contributed by atoms with van der Waals surface area (Å²) >= 11 is 0. The van der Waals surface area contributed by atoms with E-state index in [1.807, 2.05) is 19.6 Å². The highest BCUT2D eigenvalue weighted by Gasteiger charge is 2.40. The van der Waals surface area contributed by atoms with Crippen molar-refractivity contribution in [1.82, 2.24) is 4.90 Å². The van der Waals surface area contributed by atoms with E-state index in [1.165, 1.54) is 4.90 Å². The van der Waals surface area contributed by atoms with Crippen LogP contribution in [0.4, 0.5) is 19.3 Å². The van der Waals surface area contributed by atoms with E-state index < -0.39 is 43.4 Å². The number of halogens is 2.